The van der Waals surface area contributed by atoms with Crippen LogP contribution >= 0.6 is 12.2 Å². The summed E-state index contributed by atoms with van der Waals surface area (Å²) in [6.45, 7) is 5.63. The van der Waals surface area contributed by atoms with Crippen LogP contribution in [0.15, 0.2) is 29.1 Å². The van der Waals surface area contributed by atoms with Crippen LogP contribution in [0.4, 0.5) is 0 Å². The first-order valence-electron chi connectivity index (χ1n) is 9.12. The van der Waals surface area contributed by atoms with Crippen molar-refractivity contribution in [2.75, 3.05) is 6.54 Å². The van der Waals surface area contributed by atoms with E-state index in [4.69, 9.17) is 12.2 Å². The van der Waals surface area contributed by atoms with E-state index in [1.807, 2.05) is 18.2 Å². The van der Waals surface area contributed by atoms with E-state index in [1.165, 1.54) is 25.7 Å². The largest absolute Gasteiger partial charge is 0.360 e. The predicted molar refractivity (Wildman–Crippen MR) is 106 cm³/mol. The highest BCUT2D eigenvalue weighted by Crippen LogP contribution is 2.24. The average Bonchev–Trinajstić information content (AvgIpc) is 2.61. The molecule has 1 heterocycles. The molecule has 0 bridgehead atoms. The Labute approximate surface area is 153 Å². The summed E-state index contributed by atoms with van der Waals surface area (Å²) in [6.07, 6.45) is 5.00. The molecule has 0 radical (unpaired) electrons. The maximum Gasteiger partial charge on any atom is 0.258 e. The van der Waals surface area contributed by atoms with Crippen LogP contribution in [0.3, 0.4) is 0 Å². The van der Waals surface area contributed by atoms with Gasteiger partial charge in [0, 0.05) is 12.6 Å². The smallest absolute Gasteiger partial charge is 0.258 e. The van der Waals surface area contributed by atoms with E-state index in [2.05, 4.69) is 34.0 Å². The lowest BCUT2D eigenvalue weighted by Gasteiger charge is -2.33. The number of aromatic amines is 1. The third-order valence-corrected chi connectivity index (χ3v) is 5.47. The molecule has 0 aliphatic heterocycles. The molecule has 1 fully saturated rings. The van der Waals surface area contributed by atoms with Crippen molar-refractivity contribution in [2.24, 2.45) is 5.92 Å². The maximum atomic E-state index is 12.2. The SMILES string of the molecule is CCN(Cc1nc2ccccc2c(=O)[nH]1)C(=S)N[C@@H]1CCCC[C@H]1C. The van der Waals surface area contributed by atoms with Crippen molar-refractivity contribution in [2.45, 2.75) is 52.1 Å². The van der Waals surface area contributed by atoms with Crippen molar-refractivity contribution in [1.29, 1.82) is 0 Å². The molecule has 1 aliphatic rings. The number of rotatable bonds is 4. The Balaban J connectivity index is 1.73. The number of hydrogen-bond acceptors (Lipinski definition) is 3. The van der Waals surface area contributed by atoms with Gasteiger partial charge in [-0.1, -0.05) is 31.9 Å². The fourth-order valence-corrected chi connectivity index (χ4v) is 3.84. The van der Waals surface area contributed by atoms with Crippen LogP contribution in [0.25, 0.3) is 10.9 Å². The van der Waals surface area contributed by atoms with Crippen molar-refractivity contribution >= 4 is 28.2 Å². The molecular formula is C19H26N4OS. The second-order valence-electron chi connectivity index (χ2n) is 6.86. The summed E-state index contributed by atoms with van der Waals surface area (Å²) in [7, 11) is 0. The van der Waals surface area contributed by atoms with E-state index in [-0.39, 0.29) is 5.56 Å². The van der Waals surface area contributed by atoms with Crippen LogP contribution in [0.2, 0.25) is 0 Å². The third-order valence-electron chi connectivity index (χ3n) is 5.09. The van der Waals surface area contributed by atoms with Gasteiger partial charge in [0.1, 0.15) is 5.82 Å². The molecule has 1 aromatic heterocycles. The van der Waals surface area contributed by atoms with Gasteiger partial charge in [0.25, 0.3) is 5.56 Å². The number of thiocarbonyl (C=S) groups is 1. The Bertz CT molecular complexity index is 803. The molecule has 0 unspecified atom stereocenters. The van der Waals surface area contributed by atoms with Crippen molar-refractivity contribution in [3.63, 3.8) is 0 Å². The molecule has 0 saturated heterocycles. The molecule has 2 N–H and O–H groups in total. The number of nitrogens with zero attached hydrogens (tertiary/aromatic N) is 2. The first-order chi connectivity index (χ1) is 12.1. The Morgan fingerprint density at radius 2 is 2.12 bits per heavy atom. The normalized spacial score (nSPS) is 20.4. The number of para-hydroxylation sites is 1. The van der Waals surface area contributed by atoms with Gasteiger partial charge in [-0.15, -0.1) is 0 Å². The molecule has 2 aromatic rings. The first kappa shape index (κ1) is 17.9. The predicted octanol–water partition coefficient (Wildman–Crippen LogP) is 3.20. The van der Waals surface area contributed by atoms with E-state index in [0.717, 1.165) is 17.2 Å². The fraction of sp³-hybridized carbons (Fsp3) is 0.526. The van der Waals surface area contributed by atoms with E-state index in [9.17, 15) is 4.79 Å². The highest BCUT2D eigenvalue weighted by molar-refractivity contribution is 7.80. The van der Waals surface area contributed by atoms with Gasteiger partial charge in [-0.25, -0.2) is 4.98 Å². The number of aromatic nitrogens is 2. The van der Waals surface area contributed by atoms with E-state index >= 15 is 0 Å². The summed E-state index contributed by atoms with van der Waals surface area (Å²) in [5, 5.41) is 4.89. The Hall–Kier alpha value is -1.95. The van der Waals surface area contributed by atoms with Crippen molar-refractivity contribution in [3.8, 4) is 0 Å². The summed E-state index contributed by atoms with van der Waals surface area (Å²) in [6, 6.07) is 7.84. The molecular weight excluding hydrogens is 332 g/mol. The highest BCUT2D eigenvalue weighted by Gasteiger charge is 2.23. The van der Waals surface area contributed by atoms with Crippen LogP contribution in [0.1, 0.15) is 45.4 Å². The fourth-order valence-electron chi connectivity index (χ4n) is 3.50. The highest BCUT2D eigenvalue weighted by atomic mass is 32.1. The molecule has 0 amide bonds. The average molecular weight is 359 g/mol. The monoisotopic (exact) mass is 358 g/mol. The molecule has 25 heavy (non-hydrogen) atoms. The van der Waals surface area contributed by atoms with Crippen molar-refractivity contribution < 1.29 is 0 Å². The standard InChI is InChI=1S/C19H26N4OS/c1-3-23(19(25)21-15-10-6-4-8-13(15)2)12-17-20-16-11-7-5-9-14(16)18(24)22-17/h5,7,9,11,13,15H,3-4,6,8,10,12H2,1-2H3,(H,21,25)(H,20,22,24)/t13-,15-/m1/s1. The van der Waals surface area contributed by atoms with Crippen molar-refractivity contribution in [3.05, 3.63) is 40.4 Å². The molecule has 0 spiro atoms. The zero-order valence-corrected chi connectivity index (χ0v) is 15.7. The lowest BCUT2D eigenvalue weighted by atomic mass is 9.86. The van der Waals surface area contributed by atoms with Crippen LogP contribution in [-0.4, -0.2) is 32.6 Å². The molecule has 134 valence electrons. The second-order valence-corrected chi connectivity index (χ2v) is 7.25. The molecule has 6 heteroatoms. The first-order valence-corrected chi connectivity index (χ1v) is 9.52. The summed E-state index contributed by atoms with van der Waals surface area (Å²) >= 11 is 5.63. The van der Waals surface area contributed by atoms with Crippen LogP contribution < -0.4 is 10.9 Å². The minimum atomic E-state index is -0.101. The van der Waals surface area contributed by atoms with Crippen molar-refractivity contribution in [1.82, 2.24) is 20.2 Å². The Kier molecular flexibility index (Phi) is 5.68. The van der Waals surface area contributed by atoms with Gasteiger partial charge in [-0.3, -0.25) is 4.79 Å². The Morgan fingerprint density at radius 3 is 2.88 bits per heavy atom. The third kappa shape index (κ3) is 4.18. The molecule has 2 atom stereocenters. The molecule has 1 saturated carbocycles. The topological polar surface area (TPSA) is 61.0 Å². The minimum Gasteiger partial charge on any atom is -0.360 e. The van der Waals surface area contributed by atoms with Crippen LogP contribution in [0.5, 0.6) is 0 Å². The van der Waals surface area contributed by atoms with Gasteiger partial charge in [0.05, 0.1) is 17.4 Å². The zero-order chi connectivity index (χ0) is 17.8. The lowest BCUT2D eigenvalue weighted by molar-refractivity contribution is 0.296. The van der Waals surface area contributed by atoms with E-state index in [0.29, 0.717) is 29.7 Å². The number of nitrogens with one attached hydrogen (secondary N) is 2. The van der Waals surface area contributed by atoms with Gasteiger partial charge in [-0.2, -0.15) is 0 Å². The van der Waals surface area contributed by atoms with Crippen LogP contribution in [0, 0.1) is 5.92 Å². The number of H-pyrrole nitrogens is 1. The van der Waals surface area contributed by atoms with E-state index in [1.54, 1.807) is 6.07 Å². The van der Waals surface area contributed by atoms with Crippen LogP contribution in [-0.2, 0) is 6.54 Å². The minimum absolute atomic E-state index is 0.101. The Morgan fingerprint density at radius 1 is 1.36 bits per heavy atom. The van der Waals surface area contributed by atoms with Gasteiger partial charge < -0.3 is 15.2 Å². The number of hydrogen-bond donors (Lipinski definition) is 2. The molecule has 3 rings (SSSR count). The van der Waals surface area contributed by atoms with Gasteiger partial charge in [0.15, 0.2) is 5.11 Å². The van der Waals surface area contributed by atoms with E-state index < -0.39 is 0 Å². The lowest BCUT2D eigenvalue weighted by Crippen LogP contribution is -2.47. The summed E-state index contributed by atoms with van der Waals surface area (Å²) < 4.78 is 0. The molecule has 5 nitrogen and oxygen atoms in total. The summed E-state index contributed by atoms with van der Waals surface area (Å²) in [5.41, 5.74) is 0.619. The molecule has 1 aliphatic carbocycles. The number of benzene rings is 1. The quantitative estimate of drug-likeness (QED) is 0.822. The van der Waals surface area contributed by atoms with Gasteiger partial charge >= 0.3 is 0 Å². The molecule has 1 aromatic carbocycles. The zero-order valence-electron chi connectivity index (χ0n) is 14.9. The number of fused-ring (bicyclic) bond motifs is 1. The maximum absolute atomic E-state index is 12.2. The second kappa shape index (κ2) is 7.95. The van der Waals surface area contributed by atoms with Gasteiger partial charge in [0.2, 0.25) is 0 Å². The summed E-state index contributed by atoms with van der Waals surface area (Å²) in [5.74, 6) is 1.29. The summed E-state index contributed by atoms with van der Waals surface area (Å²) in [4.78, 5) is 21.8. The van der Waals surface area contributed by atoms with Gasteiger partial charge in [-0.05, 0) is 50.0 Å².